The predicted octanol–water partition coefficient (Wildman–Crippen LogP) is 3.79. The summed E-state index contributed by atoms with van der Waals surface area (Å²) in [7, 11) is 0. The maximum absolute atomic E-state index is 5.44. The minimum Gasteiger partial charge on any atom is -0.341 e. The third-order valence-corrected chi connectivity index (χ3v) is 3.50. The summed E-state index contributed by atoms with van der Waals surface area (Å²) in [6.07, 6.45) is 10.2. The Labute approximate surface area is 104 Å². The standard InChI is InChI=1S/C14H24N2O/c1-2-3-4-6-9-13-12-14(17-15-13)16-10-7-5-8-11-16/h12H,2-11H2,1H3. The predicted molar refractivity (Wildman–Crippen MR) is 70.4 cm³/mol. The first-order chi connectivity index (χ1) is 8.40. The van der Waals surface area contributed by atoms with Gasteiger partial charge in [-0.05, 0) is 32.1 Å². The lowest BCUT2D eigenvalue weighted by atomic mass is 10.1. The Morgan fingerprint density at radius 1 is 1.18 bits per heavy atom. The van der Waals surface area contributed by atoms with Gasteiger partial charge in [-0.15, -0.1) is 0 Å². The van der Waals surface area contributed by atoms with Crippen LogP contribution in [0.2, 0.25) is 0 Å². The monoisotopic (exact) mass is 236 g/mol. The Morgan fingerprint density at radius 2 is 2.00 bits per heavy atom. The van der Waals surface area contributed by atoms with Crippen molar-refractivity contribution in [1.29, 1.82) is 0 Å². The Hall–Kier alpha value is -0.990. The molecule has 0 unspecified atom stereocenters. The van der Waals surface area contributed by atoms with Crippen LogP contribution in [0.5, 0.6) is 0 Å². The zero-order chi connectivity index (χ0) is 11.9. The lowest BCUT2D eigenvalue weighted by Crippen LogP contribution is -2.28. The summed E-state index contributed by atoms with van der Waals surface area (Å²) in [5.74, 6) is 0.982. The summed E-state index contributed by atoms with van der Waals surface area (Å²) >= 11 is 0. The molecule has 1 aromatic heterocycles. The van der Waals surface area contributed by atoms with Gasteiger partial charge in [0.15, 0.2) is 0 Å². The van der Waals surface area contributed by atoms with Crippen molar-refractivity contribution < 1.29 is 4.52 Å². The molecule has 1 aliphatic heterocycles. The van der Waals surface area contributed by atoms with Crippen molar-refractivity contribution in [2.24, 2.45) is 0 Å². The Morgan fingerprint density at radius 3 is 2.76 bits per heavy atom. The quantitative estimate of drug-likeness (QED) is 0.704. The van der Waals surface area contributed by atoms with Crippen molar-refractivity contribution >= 4 is 5.88 Å². The van der Waals surface area contributed by atoms with Gasteiger partial charge in [-0.2, -0.15) is 0 Å². The molecule has 0 radical (unpaired) electrons. The van der Waals surface area contributed by atoms with E-state index in [4.69, 9.17) is 4.52 Å². The molecule has 0 amide bonds. The largest absolute Gasteiger partial charge is 0.341 e. The van der Waals surface area contributed by atoms with Crippen LogP contribution in [0.1, 0.15) is 57.6 Å². The first kappa shape index (κ1) is 12.5. The van der Waals surface area contributed by atoms with Crippen molar-refractivity contribution in [3.8, 4) is 0 Å². The Balaban J connectivity index is 1.78. The van der Waals surface area contributed by atoms with E-state index in [0.717, 1.165) is 31.1 Å². The van der Waals surface area contributed by atoms with Gasteiger partial charge in [0.05, 0.1) is 5.69 Å². The maximum Gasteiger partial charge on any atom is 0.227 e. The molecule has 1 fully saturated rings. The summed E-state index contributed by atoms with van der Waals surface area (Å²) in [4.78, 5) is 2.33. The Bertz CT molecular complexity index is 316. The molecule has 1 aliphatic rings. The summed E-state index contributed by atoms with van der Waals surface area (Å²) in [5, 5.41) is 4.17. The molecule has 3 heteroatoms. The first-order valence-corrected chi connectivity index (χ1v) is 7.10. The van der Waals surface area contributed by atoms with Crippen LogP contribution in [-0.2, 0) is 6.42 Å². The normalized spacial score (nSPS) is 16.4. The molecule has 0 aliphatic carbocycles. The SMILES string of the molecule is CCCCCCc1cc(N2CCCCC2)on1. The summed E-state index contributed by atoms with van der Waals surface area (Å²) in [5.41, 5.74) is 1.13. The van der Waals surface area contributed by atoms with Crippen LogP contribution in [0.3, 0.4) is 0 Å². The molecule has 2 heterocycles. The number of piperidine rings is 1. The van der Waals surface area contributed by atoms with Crippen molar-refractivity contribution in [2.75, 3.05) is 18.0 Å². The van der Waals surface area contributed by atoms with Gasteiger partial charge in [0.25, 0.3) is 0 Å². The lowest BCUT2D eigenvalue weighted by molar-refractivity contribution is 0.397. The minimum atomic E-state index is 0.982. The van der Waals surface area contributed by atoms with Crippen LogP contribution in [0, 0.1) is 0 Å². The van der Waals surface area contributed by atoms with Gasteiger partial charge in [-0.3, -0.25) is 0 Å². The second-order valence-electron chi connectivity index (χ2n) is 5.01. The van der Waals surface area contributed by atoms with Crippen LogP contribution < -0.4 is 4.90 Å². The van der Waals surface area contributed by atoms with E-state index in [0.29, 0.717) is 0 Å². The number of aryl methyl sites for hydroxylation is 1. The zero-order valence-electron chi connectivity index (χ0n) is 11.0. The van der Waals surface area contributed by atoms with Crippen molar-refractivity contribution in [3.05, 3.63) is 11.8 Å². The average Bonchev–Trinajstić information content (AvgIpc) is 2.85. The molecule has 17 heavy (non-hydrogen) atoms. The number of hydrogen-bond donors (Lipinski definition) is 0. The van der Waals surface area contributed by atoms with E-state index in [1.54, 1.807) is 0 Å². The molecule has 1 aromatic rings. The van der Waals surface area contributed by atoms with Crippen LogP contribution in [0.25, 0.3) is 0 Å². The molecule has 0 N–H and O–H groups in total. The van der Waals surface area contributed by atoms with E-state index in [-0.39, 0.29) is 0 Å². The highest BCUT2D eigenvalue weighted by atomic mass is 16.5. The molecule has 0 aromatic carbocycles. The number of unbranched alkanes of at least 4 members (excludes halogenated alkanes) is 3. The van der Waals surface area contributed by atoms with E-state index >= 15 is 0 Å². The highest BCUT2D eigenvalue weighted by Gasteiger charge is 2.15. The van der Waals surface area contributed by atoms with E-state index in [1.165, 1.54) is 44.9 Å². The van der Waals surface area contributed by atoms with E-state index < -0.39 is 0 Å². The van der Waals surface area contributed by atoms with Crippen LogP contribution >= 0.6 is 0 Å². The topological polar surface area (TPSA) is 29.3 Å². The number of nitrogens with zero attached hydrogens (tertiary/aromatic N) is 2. The smallest absolute Gasteiger partial charge is 0.227 e. The van der Waals surface area contributed by atoms with Gasteiger partial charge in [-0.1, -0.05) is 31.3 Å². The van der Waals surface area contributed by atoms with E-state index in [9.17, 15) is 0 Å². The summed E-state index contributed by atoms with van der Waals surface area (Å²) < 4.78 is 5.44. The fraction of sp³-hybridized carbons (Fsp3) is 0.786. The van der Waals surface area contributed by atoms with Crippen LogP contribution in [0.4, 0.5) is 5.88 Å². The van der Waals surface area contributed by atoms with Gasteiger partial charge >= 0.3 is 0 Å². The van der Waals surface area contributed by atoms with Gasteiger partial charge in [0.2, 0.25) is 5.88 Å². The zero-order valence-corrected chi connectivity index (χ0v) is 11.0. The van der Waals surface area contributed by atoms with Crippen molar-refractivity contribution in [1.82, 2.24) is 5.16 Å². The molecule has 2 rings (SSSR count). The van der Waals surface area contributed by atoms with Crippen LogP contribution in [-0.4, -0.2) is 18.2 Å². The molecule has 0 bridgehead atoms. The van der Waals surface area contributed by atoms with E-state index in [2.05, 4.69) is 23.0 Å². The number of hydrogen-bond acceptors (Lipinski definition) is 3. The summed E-state index contributed by atoms with van der Waals surface area (Å²) in [6.45, 7) is 4.50. The third-order valence-electron chi connectivity index (χ3n) is 3.50. The average molecular weight is 236 g/mol. The Kier molecular flexibility index (Phi) is 4.89. The molecular weight excluding hydrogens is 212 g/mol. The van der Waals surface area contributed by atoms with Crippen LogP contribution in [0.15, 0.2) is 10.6 Å². The van der Waals surface area contributed by atoms with Gasteiger partial charge in [0, 0.05) is 19.2 Å². The second kappa shape index (κ2) is 6.67. The fourth-order valence-electron chi connectivity index (χ4n) is 2.41. The molecular formula is C14H24N2O. The minimum absolute atomic E-state index is 0.982. The second-order valence-corrected chi connectivity index (χ2v) is 5.01. The number of aromatic nitrogens is 1. The molecule has 0 saturated carbocycles. The number of rotatable bonds is 6. The van der Waals surface area contributed by atoms with Crippen molar-refractivity contribution in [2.45, 2.75) is 58.3 Å². The lowest BCUT2D eigenvalue weighted by Gasteiger charge is -2.25. The van der Waals surface area contributed by atoms with Gasteiger partial charge < -0.3 is 9.42 Å². The highest BCUT2D eigenvalue weighted by molar-refractivity contribution is 5.36. The maximum atomic E-state index is 5.44. The molecule has 96 valence electrons. The fourth-order valence-corrected chi connectivity index (χ4v) is 2.41. The highest BCUT2D eigenvalue weighted by Crippen LogP contribution is 2.21. The van der Waals surface area contributed by atoms with Gasteiger partial charge in [-0.25, -0.2) is 0 Å². The van der Waals surface area contributed by atoms with Gasteiger partial charge in [0.1, 0.15) is 0 Å². The van der Waals surface area contributed by atoms with E-state index in [1.807, 2.05) is 0 Å². The summed E-state index contributed by atoms with van der Waals surface area (Å²) in [6, 6.07) is 2.14. The molecule has 0 atom stereocenters. The first-order valence-electron chi connectivity index (χ1n) is 7.10. The molecule has 0 spiro atoms. The molecule has 1 saturated heterocycles. The number of anilines is 1. The molecule has 3 nitrogen and oxygen atoms in total. The third kappa shape index (κ3) is 3.76. The van der Waals surface area contributed by atoms with Crippen molar-refractivity contribution in [3.63, 3.8) is 0 Å².